The average Bonchev–Trinajstić information content (AvgIpc) is 2.26. The topological polar surface area (TPSA) is 63.0 Å². The molecule has 0 N–H and O–H groups in total. The highest BCUT2D eigenvalue weighted by Crippen LogP contribution is 2.08. The van der Waals surface area contributed by atoms with Gasteiger partial charge in [0.1, 0.15) is 5.92 Å². The fourth-order valence-electron chi connectivity index (χ4n) is 1.35. The van der Waals surface area contributed by atoms with Gasteiger partial charge in [-0.25, -0.2) is 0 Å². The molecule has 16 heavy (non-hydrogen) atoms. The van der Waals surface area contributed by atoms with Gasteiger partial charge >= 0.3 is 5.97 Å². The Hall–Kier alpha value is -1.89. The van der Waals surface area contributed by atoms with Crippen LogP contribution in [0.5, 0.6) is 0 Å². The monoisotopic (exact) mass is 218 g/mol. The molecule has 1 atom stereocenters. The lowest BCUT2D eigenvalue weighted by Gasteiger charge is -2.07. The van der Waals surface area contributed by atoms with Crippen molar-refractivity contribution in [1.29, 1.82) is 5.26 Å². The van der Waals surface area contributed by atoms with Crippen LogP contribution < -0.4 is 0 Å². The van der Waals surface area contributed by atoms with E-state index in [1.54, 1.807) is 13.0 Å². The molecule has 1 aromatic rings. The summed E-state index contributed by atoms with van der Waals surface area (Å²) < 4.78 is 4.81. The molecule has 1 rings (SSSR count). The summed E-state index contributed by atoms with van der Waals surface area (Å²) in [6.45, 7) is 3.88. The third kappa shape index (κ3) is 3.35. The maximum atomic E-state index is 11.4. The standard InChI is InChI=1S/C12H14N2O2/c1-3-16-12(15)10(8-13)7-11-6-4-5-9(2)14-11/h4-6,10H,3,7H2,1-2H3. The summed E-state index contributed by atoms with van der Waals surface area (Å²) >= 11 is 0. The molecule has 0 amide bonds. The average molecular weight is 218 g/mol. The van der Waals surface area contributed by atoms with Gasteiger partial charge in [0.2, 0.25) is 0 Å². The molecule has 84 valence electrons. The van der Waals surface area contributed by atoms with Gasteiger partial charge in [-0.15, -0.1) is 0 Å². The van der Waals surface area contributed by atoms with Crippen molar-refractivity contribution in [2.45, 2.75) is 20.3 Å². The van der Waals surface area contributed by atoms with Crippen molar-refractivity contribution < 1.29 is 9.53 Å². The first-order valence-corrected chi connectivity index (χ1v) is 5.16. The highest BCUT2D eigenvalue weighted by Gasteiger charge is 2.20. The maximum absolute atomic E-state index is 11.4. The first kappa shape index (κ1) is 12.2. The molecule has 0 aliphatic heterocycles. The van der Waals surface area contributed by atoms with Crippen LogP contribution in [-0.2, 0) is 16.0 Å². The summed E-state index contributed by atoms with van der Waals surface area (Å²) in [7, 11) is 0. The molecule has 0 aromatic carbocycles. The van der Waals surface area contributed by atoms with Crippen molar-refractivity contribution in [3.8, 4) is 6.07 Å². The Labute approximate surface area is 94.9 Å². The Morgan fingerprint density at radius 2 is 2.38 bits per heavy atom. The first-order chi connectivity index (χ1) is 7.67. The predicted molar refractivity (Wildman–Crippen MR) is 58.4 cm³/mol. The number of pyridine rings is 1. The van der Waals surface area contributed by atoms with Crippen LogP contribution in [0.25, 0.3) is 0 Å². The van der Waals surface area contributed by atoms with Crippen LogP contribution in [0.1, 0.15) is 18.3 Å². The van der Waals surface area contributed by atoms with E-state index in [2.05, 4.69) is 4.98 Å². The molecule has 1 heterocycles. The molecule has 1 unspecified atom stereocenters. The van der Waals surface area contributed by atoms with E-state index in [1.807, 2.05) is 25.1 Å². The lowest BCUT2D eigenvalue weighted by atomic mass is 10.0. The van der Waals surface area contributed by atoms with Gasteiger partial charge in [0.15, 0.2) is 0 Å². The minimum Gasteiger partial charge on any atom is -0.465 e. The number of ether oxygens (including phenoxy) is 1. The Morgan fingerprint density at radius 3 is 2.94 bits per heavy atom. The molecule has 0 saturated heterocycles. The summed E-state index contributed by atoms with van der Waals surface area (Å²) in [5.74, 6) is -1.25. The summed E-state index contributed by atoms with van der Waals surface area (Å²) in [6, 6.07) is 7.47. The molecule has 4 heteroatoms. The number of carbonyl (C=O) groups excluding carboxylic acids is 1. The highest BCUT2D eigenvalue weighted by atomic mass is 16.5. The second-order valence-electron chi connectivity index (χ2n) is 3.41. The molecule has 0 saturated carbocycles. The van der Waals surface area contributed by atoms with Gasteiger partial charge in [-0.2, -0.15) is 5.26 Å². The first-order valence-electron chi connectivity index (χ1n) is 5.16. The number of carbonyl (C=O) groups is 1. The SMILES string of the molecule is CCOC(=O)C(C#N)Cc1cccc(C)n1. The highest BCUT2D eigenvalue weighted by molar-refractivity contribution is 5.75. The van der Waals surface area contributed by atoms with Gasteiger partial charge in [0.05, 0.1) is 12.7 Å². The van der Waals surface area contributed by atoms with Crippen LogP contribution >= 0.6 is 0 Å². The molecule has 0 bridgehead atoms. The zero-order chi connectivity index (χ0) is 12.0. The van der Waals surface area contributed by atoms with Crippen molar-refractivity contribution >= 4 is 5.97 Å². The minimum atomic E-state index is -0.769. The molecular formula is C12H14N2O2. The van der Waals surface area contributed by atoms with Crippen LogP contribution in [0.2, 0.25) is 0 Å². The fraction of sp³-hybridized carbons (Fsp3) is 0.417. The zero-order valence-corrected chi connectivity index (χ0v) is 9.43. The largest absolute Gasteiger partial charge is 0.465 e. The zero-order valence-electron chi connectivity index (χ0n) is 9.43. The molecule has 1 aromatic heterocycles. The van der Waals surface area contributed by atoms with Crippen LogP contribution in [0.4, 0.5) is 0 Å². The van der Waals surface area contributed by atoms with Gasteiger partial charge in [-0.1, -0.05) is 6.07 Å². The molecule has 0 spiro atoms. The third-order valence-corrected chi connectivity index (χ3v) is 2.09. The van der Waals surface area contributed by atoms with Crippen molar-refractivity contribution in [2.75, 3.05) is 6.61 Å². The van der Waals surface area contributed by atoms with E-state index in [0.29, 0.717) is 6.42 Å². The van der Waals surface area contributed by atoms with E-state index in [9.17, 15) is 4.79 Å². The van der Waals surface area contributed by atoms with Crippen LogP contribution in [0.3, 0.4) is 0 Å². The fourth-order valence-corrected chi connectivity index (χ4v) is 1.35. The molecular weight excluding hydrogens is 204 g/mol. The number of aromatic nitrogens is 1. The van der Waals surface area contributed by atoms with Crippen molar-refractivity contribution in [3.63, 3.8) is 0 Å². The number of hydrogen-bond acceptors (Lipinski definition) is 4. The van der Waals surface area contributed by atoms with Crippen LogP contribution in [0.15, 0.2) is 18.2 Å². The van der Waals surface area contributed by atoms with E-state index < -0.39 is 11.9 Å². The molecule has 0 aliphatic carbocycles. The minimum absolute atomic E-state index is 0.290. The lowest BCUT2D eigenvalue weighted by molar-refractivity contribution is -0.145. The second-order valence-corrected chi connectivity index (χ2v) is 3.41. The summed E-state index contributed by atoms with van der Waals surface area (Å²) in [4.78, 5) is 15.6. The molecule has 0 fully saturated rings. The van der Waals surface area contributed by atoms with Crippen molar-refractivity contribution in [2.24, 2.45) is 5.92 Å². The Kier molecular flexibility index (Phi) is 4.46. The van der Waals surface area contributed by atoms with Crippen molar-refractivity contribution in [3.05, 3.63) is 29.6 Å². The number of esters is 1. The lowest BCUT2D eigenvalue weighted by Crippen LogP contribution is -2.19. The molecule has 4 nitrogen and oxygen atoms in total. The number of hydrogen-bond donors (Lipinski definition) is 0. The summed E-state index contributed by atoms with van der Waals surface area (Å²) in [6.07, 6.45) is 0.303. The smallest absolute Gasteiger partial charge is 0.323 e. The Morgan fingerprint density at radius 1 is 1.62 bits per heavy atom. The normalized spacial score (nSPS) is 11.6. The Balaban J connectivity index is 2.71. The predicted octanol–water partition coefficient (Wildman–Crippen LogP) is 1.64. The van der Waals surface area contributed by atoms with Crippen LogP contribution in [-0.4, -0.2) is 17.6 Å². The molecule has 0 radical (unpaired) electrons. The molecule has 0 aliphatic rings. The van der Waals surface area contributed by atoms with Gasteiger partial charge in [-0.3, -0.25) is 9.78 Å². The van der Waals surface area contributed by atoms with E-state index in [0.717, 1.165) is 11.4 Å². The van der Waals surface area contributed by atoms with Gasteiger partial charge in [0.25, 0.3) is 0 Å². The van der Waals surface area contributed by atoms with Gasteiger partial charge < -0.3 is 4.74 Å². The second kappa shape index (κ2) is 5.86. The number of nitrogens with zero attached hydrogens (tertiary/aromatic N) is 2. The van der Waals surface area contributed by atoms with E-state index in [4.69, 9.17) is 10.00 Å². The number of aryl methyl sites for hydroxylation is 1. The number of nitriles is 1. The van der Waals surface area contributed by atoms with E-state index in [-0.39, 0.29) is 6.61 Å². The van der Waals surface area contributed by atoms with E-state index in [1.165, 1.54) is 0 Å². The maximum Gasteiger partial charge on any atom is 0.323 e. The summed E-state index contributed by atoms with van der Waals surface area (Å²) in [5.41, 5.74) is 1.61. The van der Waals surface area contributed by atoms with Gasteiger partial charge in [0, 0.05) is 17.8 Å². The van der Waals surface area contributed by atoms with Gasteiger partial charge in [-0.05, 0) is 26.0 Å². The van der Waals surface area contributed by atoms with Crippen molar-refractivity contribution in [1.82, 2.24) is 4.98 Å². The van der Waals surface area contributed by atoms with E-state index >= 15 is 0 Å². The quantitative estimate of drug-likeness (QED) is 0.720. The third-order valence-electron chi connectivity index (χ3n) is 2.09. The van der Waals surface area contributed by atoms with Crippen LogP contribution in [0, 0.1) is 24.2 Å². The Bertz CT molecular complexity index is 410. The summed E-state index contributed by atoms with van der Waals surface area (Å²) in [5, 5.41) is 8.88. The number of rotatable bonds is 4.